The number of amides is 1. The molecule has 0 spiro atoms. The molecule has 2 aromatic rings. The second-order valence-electron chi connectivity index (χ2n) is 6.05. The lowest BCUT2D eigenvalue weighted by atomic mass is 10.1. The normalized spacial score (nSPS) is 17.3. The Hall–Kier alpha value is -2.09. The Kier molecular flexibility index (Phi) is 6.63. The molecule has 6 nitrogen and oxygen atoms in total. The van der Waals surface area contributed by atoms with Crippen molar-refractivity contribution < 1.29 is 13.2 Å². The Labute approximate surface area is 160 Å². The van der Waals surface area contributed by atoms with E-state index in [-0.39, 0.29) is 29.3 Å². The van der Waals surface area contributed by atoms with Gasteiger partial charge in [-0.15, -0.1) is 12.4 Å². The highest BCUT2D eigenvalue weighted by Crippen LogP contribution is 2.18. The number of piperazine rings is 1. The minimum absolute atomic E-state index is 0. The lowest BCUT2D eigenvalue weighted by Gasteiger charge is -2.34. The van der Waals surface area contributed by atoms with Crippen LogP contribution in [-0.2, 0) is 10.0 Å². The van der Waals surface area contributed by atoms with Gasteiger partial charge in [0.25, 0.3) is 15.9 Å². The summed E-state index contributed by atoms with van der Waals surface area (Å²) in [5.41, 5.74) is 0.990. The maximum Gasteiger partial charge on any atom is 0.261 e. The number of hydrogen-bond donors (Lipinski definition) is 2. The summed E-state index contributed by atoms with van der Waals surface area (Å²) >= 11 is 0. The van der Waals surface area contributed by atoms with Crippen LogP contribution in [0.3, 0.4) is 0 Å². The van der Waals surface area contributed by atoms with Crippen molar-refractivity contribution in [3.05, 3.63) is 60.2 Å². The molecule has 1 aliphatic heterocycles. The summed E-state index contributed by atoms with van der Waals surface area (Å²) in [6.45, 7) is 4.17. The molecule has 0 saturated carbocycles. The summed E-state index contributed by atoms with van der Waals surface area (Å²) in [7, 11) is -3.68. The van der Waals surface area contributed by atoms with Crippen LogP contribution in [-0.4, -0.2) is 44.9 Å². The summed E-state index contributed by atoms with van der Waals surface area (Å²) in [4.78, 5) is 14.5. The predicted octanol–water partition coefficient (Wildman–Crippen LogP) is 2.34. The molecule has 1 heterocycles. The van der Waals surface area contributed by atoms with Gasteiger partial charge in [0.1, 0.15) is 0 Å². The zero-order valence-corrected chi connectivity index (χ0v) is 16.0. The topological polar surface area (TPSA) is 78.5 Å². The zero-order valence-electron chi connectivity index (χ0n) is 14.4. The molecule has 1 atom stereocenters. The van der Waals surface area contributed by atoms with E-state index in [4.69, 9.17) is 0 Å². The summed E-state index contributed by atoms with van der Waals surface area (Å²) < 4.78 is 27.4. The van der Waals surface area contributed by atoms with Crippen LogP contribution in [0.15, 0.2) is 59.5 Å². The largest absolute Gasteiger partial charge is 0.333 e. The molecule has 8 heteroatoms. The van der Waals surface area contributed by atoms with Crippen molar-refractivity contribution in [2.45, 2.75) is 17.9 Å². The van der Waals surface area contributed by atoms with E-state index in [1.54, 1.807) is 36.4 Å². The molecule has 1 aliphatic rings. The van der Waals surface area contributed by atoms with Crippen molar-refractivity contribution in [3.8, 4) is 0 Å². The van der Waals surface area contributed by atoms with Crippen LogP contribution in [0.5, 0.6) is 0 Å². The van der Waals surface area contributed by atoms with Gasteiger partial charge in [-0.1, -0.05) is 18.2 Å². The number of anilines is 1. The minimum atomic E-state index is -3.68. The molecule has 0 aromatic heterocycles. The highest BCUT2D eigenvalue weighted by atomic mass is 35.5. The molecule has 0 aliphatic carbocycles. The van der Waals surface area contributed by atoms with Gasteiger partial charge in [-0.25, -0.2) is 8.42 Å². The van der Waals surface area contributed by atoms with Crippen LogP contribution in [0.25, 0.3) is 0 Å². The van der Waals surface area contributed by atoms with Crippen molar-refractivity contribution >= 4 is 34.0 Å². The van der Waals surface area contributed by atoms with Crippen LogP contribution in [0.1, 0.15) is 17.3 Å². The third-order valence-corrected chi connectivity index (χ3v) is 5.60. The number of carbonyl (C=O) groups excluding carboxylic acids is 1. The molecule has 0 bridgehead atoms. The van der Waals surface area contributed by atoms with Gasteiger partial charge in [0.05, 0.1) is 4.90 Å². The standard InChI is InChI=1S/C18H21N3O3S.ClH/c1-14-13-19-11-12-21(14)18(22)15-7-9-17(10-8-15)25(23,24)20-16-5-3-2-4-6-16;/h2-10,14,19-20H,11-13H2,1H3;1H/t14-;/m0./s1. The average molecular weight is 396 g/mol. The van der Waals surface area contributed by atoms with Crippen molar-refractivity contribution in [2.75, 3.05) is 24.4 Å². The fourth-order valence-electron chi connectivity index (χ4n) is 2.81. The molecule has 2 N–H and O–H groups in total. The lowest BCUT2D eigenvalue weighted by Crippen LogP contribution is -2.52. The average Bonchev–Trinajstić information content (AvgIpc) is 2.62. The smallest absolute Gasteiger partial charge is 0.261 e. The van der Waals surface area contributed by atoms with Crippen molar-refractivity contribution in [1.29, 1.82) is 0 Å². The summed E-state index contributed by atoms with van der Waals surface area (Å²) in [5, 5.41) is 3.24. The van der Waals surface area contributed by atoms with Gasteiger partial charge in [-0.3, -0.25) is 9.52 Å². The molecule has 1 fully saturated rings. The van der Waals surface area contributed by atoms with E-state index in [9.17, 15) is 13.2 Å². The Bertz CT molecular complexity index is 842. The fourth-order valence-corrected chi connectivity index (χ4v) is 3.86. The van der Waals surface area contributed by atoms with Crippen LogP contribution < -0.4 is 10.0 Å². The number of benzene rings is 2. The van der Waals surface area contributed by atoms with Gasteiger partial charge < -0.3 is 10.2 Å². The molecule has 26 heavy (non-hydrogen) atoms. The van der Waals surface area contributed by atoms with Gasteiger partial charge >= 0.3 is 0 Å². The van der Waals surface area contributed by atoms with Gasteiger partial charge in [-0.05, 0) is 43.3 Å². The maximum atomic E-state index is 12.6. The first-order valence-corrected chi connectivity index (χ1v) is 9.65. The number of sulfonamides is 1. The first-order valence-electron chi connectivity index (χ1n) is 8.17. The monoisotopic (exact) mass is 395 g/mol. The van der Waals surface area contributed by atoms with Crippen LogP contribution in [0.2, 0.25) is 0 Å². The van der Waals surface area contributed by atoms with E-state index < -0.39 is 10.0 Å². The Balaban J connectivity index is 0.00000243. The van der Waals surface area contributed by atoms with E-state index in [0.29, 0.717) is 17.8 Å². The van der Waals surface area contributed by atoms with E-state index in [1.165, 1.54) is 12.1 Å². The second kappa shape index (κ2) is 8.53. The lowest BCUT2D eigenvalue weighted by molar-refractivity contribution is 0.0655. The maximum absolute atomic E-state index is 12.6. The number of halogens is 1. The van der Waals surface area contributed by atoms with E-state index in [0.717, 1.165) is 13.1 Å². The number of nitrogens with one attached hydrogen (secondary N) is 2. The Morgan fingerprint density at radius 2 is 1.77 bits per heavy atom. The number of carbonyl (C=O) groups is 1. The summed E-state index contributed by atoms with van der Waals surface area (Å²) in [6, 6.07) is 14.9. The molecular weight excluding hydrogens is 374 g/mol. The molecular formula is C18H22ClN3O3S. The van der Waals surface area contributed by atoms with Crippen molar-refractivity contribution in [3.63, 3.8) is 0 Å². The SMILES string of the molecule is C[C@H]1CNCCN1C(=O)c1ccc(S(=O)(=O)Nc2ccccc2)cc1.Cl. The van der Waals surface area contributed by atoms with Crippen LogP contribution in [0.4, 0.5) is 5.69 Å². The first-order chi connectivity index (χ1) is 12.0. The number of hydrogen-bond acceptors (Lipinski definition) is 4. The summed E-state index contributed by atoms with van der Waals surface area (Å²) in [6.07, 6.45) is 0. The number of para-hydroxylation sites is 1. The van der Waals surface area contributed by atoms with Crippen LogP contribution >= 0.6 is 12.4 Å². The minimum Gasteiger partial charge on any atom is -0.333 e. The Morgan fingerprint density at radius 3 is 2.38 bits per heavy atom. The van der Waals surface area contributed by atoms with Crippen molar-refractivity contribution in [1.82, 2.24) is 10.2 Å². The molecule has 1 amide bonds. The van der Waals surface area contributed by atoms with E-state index in [1.807, 2.05) is 17.9 Å². The van der Waals surface area contributed by atoms with E-state index >= 15 is 0 Å². The first kappa shape index (κ1) is 20.2. The van der Waals surface area contributed by atoms with Gasteiger partial charge in [0.15, 0.2) is 0 Å². The molecule has 1 saturated heterocycles. The second-order valence-corrected chi connectivity index (χ2v) is 7.73. The molecule has 3 rings (SSSR count). The predicted molar refractivity (Wildman–Crippen MR) is 104 cm³/mol. The molecule has 0 radical (unpaired) electrons. The fraction of sp³-hybridized carbons (Fsp3) is 0.278. The van der Waals surface area contributed by atoms with Crippen LogP contribution in [0, 0.1) is 0 Å². The third-order valence-electron chi connectivity index (χ3n) is 4.20. The third kappa shape index (κ3) is 4.55. The van der Waals surface area contributed by atoms with E-state index in [2.05, 4.69) is 10.0 Å². The quantitative estimate of drug-likeness (QED) is 0.832. The molecule has 0 unspecified atom stereocenters. The highest BCUT2D eigenvalue weighted by Gasteiger charge is 2.24. The number of rotatable bonds is 4. The van der Waals surface area contributed by atoms with Gasteiger partial charge in [-0.2, -0.15) is 0 Å². The van der Waals surface area contributed by atoms with Crippen molar-refractivity contribution in [2.24, 2.45) is 0 Å². The van der Waals surface area contributed by atoms with Gasteiger partial charge in [0, 0.05) is 36.9 Å². The highest BCUT2D eigenvalue weighted by molar-refractivity contribution is 7.92. The molecule has 2 aromatic carbocycles. The molecule has 140 valence electrons. The Morgan fingerprint density at radius 1 is 1.12 bits per heavy atom. The van der Waals surface area contributed by atoms with Gasteiger partial charge in [0.2, 0.25) is 0 Å². The zero-order chi connectivity index (χ0) is 17.9. The number of nitrogens with zero attached hydrogens (tertiary/aromatic N) is 1. The summed E-state index contributed by atoms with van der Waals surface area (Å²) in [5.74, 6) is -0.0750.